The van der Waals surface area contributed by atoms with Crippen LogP contribution in [-0.2, 0) is 61.2 Å². The van der Waals surface area contributed by atoms with Crippen molar-refractivity contribution < 1.29 is 43.3 Å². The van der Waals surface area contributed by atoms with Crippen molar-refractivity contribution in [1.29, 1.82) is 0 Å². The summed E-state index contributed by atoms with van der Waals surface area (Å²) in [6.45, 7) is 0.741. The van der Waals surface area contributed by atoms with Crippen molar-refractivity contribution in [2.45, 2.75) is 69.6 Å². The molecule has 0 unspecified atom stereocenters. The number of aromatic nitrogens is 3. The Bertz CT molecular complexity index is 2520. The van der Waals surface area contributed by atoms with E-state index in [1.807, 2.05) is 60.7 Å². The topological polar surface area (TPSA) is 272 Å². The number of rotatable bonds is 22. The second kappa shape index (κ2) is 22.9. The predicted octanol–water partition coefficient (Wildman–Crippen LogP) is 2.23. The molecule has 6 aromatic rings. The van der Waals surface area contributed by atoms with E-state index in [1.165, 1.54) is 19.4 Å². The minimum Gasteiger partial charge on any atom is -0.489 e. The number of imidazole rings is 1. The molecule has 2 aromatic heterocycles. The van der Waals surface area contributed by atoms with E-state index in [1.54, 1.807) is 54.7 Å². The van der Waals surface area contributed by atoms with E-state index in [2.05, 4.69) is 41.5 Å². The molecule has 0 aliphatic carbocycles. The summed E-state index contributed by atoms with van der Waals surface area (Å²) in [4.78, 5) is 90.7. The van der Waals surface area contributed by atoms with E-state index in [4.69, 9.17) is 15.2 Å². The lowest BCUT2D eigenvalue weighted by atomic mass is 10.0. The number of hydrogen-bond acceptors (Lipinski definition) is 10. The molecule has 10 N–H and O–H groups in total. The van der Waals surface area contributed by atoms with Crippen molar-refractivity contribution in [3.63, 3.8) is 0 Å². The Hall–Kier alpha value is -7.99. The Labute approximate surface area is 374 Å². The number of amides is 6. The zero-order valence-corrected chi connectivity index (χ0v) is 35.5. The molecule has 338 valence electrons. The molecule has 0 aliphatic rings. The van der Waals surface area contributed by atoms with Crippen LogP contribution in [0.25, 0.3) is 10.9 Å². The Morgan fingerprint density at radius 2 is 1.20 bits per heavy atom. The van der Waals surface area contributed by atoms with E-state index in [0.717, 1.165) is 22.0 Å². The van der Waals surface area contributed by atoms with Crippen molar-refractivity contribution in [3.05, 3.63) is 156 Å². The summed E-state index contributed by atoms with van der Waals surface area (Å²) < 4.78 is 11.3. The minimum atomic E-state index is -1.62. The molecule has 65 heavy (non-hydrogen) atoms. The molecule has 5 atom stereocenters. The first-order valence-electron chi connectivity index (χ1n) is 20.8. The lowest BCUT2D eigenvalue weighted by Crippen LogP contribution is -2.60. The Morgan fingerprint density at radius 3 is 1.83 bits per heavy atom. The summed E-state index contributed by atoms with van der Waals surface area (Å²) >= 11 is 0. The first kappa shape index (κ1) is 46.5. The number of hydrogen-bond donors (Lipinski definition) is 9. The molecule has 6 rings (SSSR count). The number of H-pyrrole nitrogens is 2. The number of para-hydroxylation sites is 1. The van der Waals surface area contributed by atoms with Gasteiger partial charge in [0.1, 0.15) is 49.2 Å². The summed E-state index contributed by atoms with van der Waals surface area (Å²) in [6.07, 6.45) is 3.47. The number of nitrogens with one attached hydrogen (secondary N) is 7. The third kappa shape index (κ3) is 13.7. The maximum absolute atomic E-state index is 14.2. The van der Waals surface area contributed by atoms with Crippen LogP contribution >= 0.6 is 0 Å². The summed E-state index contributed by atoms with van der Waals surface area (Å²) in [5.41, 5.74) is 9.61. The summed E-state index contributed by atoms with van der Waals surface area (Å²) in [5, 5.41) is 24.2. The van der Waals surface area contributed by atoms with Gasteiger partial charge in [-0.15, -0.1) is 0 Å². The Morgan fingerprint density at radius 1 is 0.631 bits per heavy atom. The van der Waals surface area contributed by atoms with Crippen LogP contribution in [0, 0.1) is 0 Å². The number of nitrogens with two attached hydrogens (primary N) is 1. The Balaban J connectivity index is 1.20. The second-order valence-corrected chi connectivity index (χ2v) is 15.2. The quantitative estimate of drug-likeness (QED) is 0.0480. The zero-order valence-electron chi connectivity index (χ0n) is 35.5. The number of aliphatic hydroxyl groups excluding tert-OH is 1. The predicted molar refractivity (Wildman–Crippen MR) is 238 cm³/mol. The largest absolute Gasteiger partial charge is 0.489 e. The van der Waals surface area contributed by atoms with Crippen LogP contribution in [0.2, 0.25) is 0 Å². The molecular formula is C47H51N9O9. The normalized spacial score (nSPS) is 13.3. The first-order valence-corrected chi connectivity index (χ1v) is 20.8. The number of aromatic amines is 2. The summed E-state index contributed by atoms with van der Waals surface area (Å²) in [5.74, 6) is -3.57. The second-order valence-electron chi connectivity index (χ2n) is 15.2. The molecule has 0 saturated carbocycles. The average Bonchev–Trinajstić information content (AvgIpc) is 3.99. The lowest BCUT2D eigenvalue weighted by molar-refractivity contribution is -0.135. The van der Waals surface area contributed by atoms with Crippen LogP contribution in [0.3, 0.4) is 0 Å². The first-order chi connectivity index (χ1) is 31.4. The highest BCUT2D eigenvalue weighted by atomic mass is 16.5. The van der Waals surface area contributed by atoms with Gasteiger partial charge in [-0.25, -0.2) is 9.78 Å². The average molecular weight is 886 g/mol. The maximum atomic E-state index is 14.2. The van der Waals surface area contributed by atoms with Gasteiger partial charge in [-0.3, -0.25) is 24.0 Å². The number of benzene rings is 4. The molecule has 0 spiro atoms. The number of primary amides is 1. The fourth-order valence-electron chi connectivity index (χ4n) is 6.77. The van der Waals surface area contributed by atoms with Gasteiger partial charge in [0.15, 0.2) is 0 Å². The van der Waals surface area contributed by atoms with Gasteiger partial charge in [0.2, 0.25) is 29.5 Å². The third-order valence-corrected chi connectivity index (χ3v) is 10.4. The van der Waals surface area contributed by atoms with E-state index in [9.17, 15) is 33.9 Å². The molecule has 6 amide bonds. The molecule has 0 aliphatic heterocycles. The lowest BCUT2D eigenvalue weighted by Gasteiger charge is -2.26. The van der Waals surface area contributed by atoms with Crippen LogP contribution in [0.15, 0.2) is 128 Å². The van der Waals surface area contributed by atoms with Gasteiger partial charge in [-0.05, 0) is 47.4 Å². The SMILES string of the molecule is C[C@@H](NC(=O)[C@H](Cc1c[nH]c2ccccc12)NC(=O)[C@H](CO)NC(=O)[C@H](Cc1ccc(OCc2ccccc2)cc1)NC(=O)[C@H](Cc1cnc[nH]1)NC(=O)OCc1ccccc1)C(N)=O. The van der Waals surface area contributed by atoms with Crippen molar-refractivity contribution in [2.24, 2.45) is 5.73 Å². The molecule has 0 bridgehead atoms. The number of fused-ring (bicyclic) bond motifs is 1. The number of aliphatic hydroxyl groups is 1. The number of carbonyl (C=O) groups is 6. The molecule has 4 aromatic carbocycles. The fraction of sp³-hybridized carbons (Fsp3) is 0.255. The van der Waals surface area contributed by atoms with Crippen LogP contribution in [0.1, 0.15) is 34.9 Å². The van der Waals surface area contributed by atoms with Crippen molar-refractivity contribution in [2.75, 3.05) is 6.61 Å². The van der Waals surface area contributed by atoms with Crippen molar-refractivity contribution >= 4 is 46.5 Å². The number of alkyl carbamates (subject to hydrolysis) is 1. The molecule has 0 radical (unpaired) electrons. The van der Waals surface area contributed by atoms with Gasteiger partial charge in [0.05, 0.1) is 12.9 Å². The van der Waals surface area contributed by atoms with Crippen molar-refractivity contribution in [1.82, 2.24) is 41.5 Å². The van der Waals surface area contributed by atoms with E-state index < -0.39 is 72.4 Å². The van der Waals surface area contributed by atoms with Gasteiger partial charge in [-0.1, -0.05) is 91.0 Å². The molecular weight excluding hydrogens is 835 g/mol. The number of carbonyl (C=O) groups excluding carboxylic acids is 6. The highest BCUT2D eigenvalue weighted by Crippen LogP contribution is 2.20. The molecule has 18 nitrogen and oxygen atoms in total. The van der Waals surface area contributed by atoms with E-state index in [-0.39, 0.29) is 25.9 Å². The maximum Gasteiger partial charge on any atom is 0.408 e. The third-order valence-electron chi connectivity index (χ3n) is 10.4. The molecule has 18 heteroatoms. The molecule has 0 fully saturated rings. The van der Waals surface area contributed by atoms with Crippen LogP contribution in [-0.4, -0.2) is 92.5 Å². The Kier molecular flexibility index (Phi) is 16.4. The molecule has 0 saturated heterocycles. The minimum absolute atomic E-state index is 0.0403. The van der Waals surface area contributed by atoms with Gasteiger partial charge in [0.25, 0.3) is 0 Å². The van der Waals surface area contributed by atoms with Gasteiger partial charge < -0.3 is 56.9 Å². The zero-order chi connectivity index (χ0) is 46.1. The molecule has 2 heterocycles. The standard InChI is InChI=1S/C47H51N9O9/c1-29(42(48)58)52-43(59)39(21-33-23-50-37-15-9-8-14-36(33)37)54-46(62)41(25-57)55-44(60)38(20-30-16-18-35(19-17-30)64-26-31-10-4-2-5-11-31)53-45(61)40(22-34-24-49-28-51-34)56-47(63)65-27-32-12-6-3-7-13-32/h2-19,23-24,28-29,38-41,50,57H,20-22,25-27H2,1H3,(H2,48,58)(H,49,51)(H,52,59)(H,53,61)(H,54,62)(H,55,60)(H,56,63)/t29-,38+,39+,40+,41+/m1/s1. The fourth-order valence-corrected chi connectivity index (χ4v) is 6.77. The van der Waals surface area contributed by atoms with Crippen LogP contribution in [0.5, 0.6) is 5.75 Å². The smallest absolute Gasteiger partial charge is 0.408 e. The van der Waals surface area contributed by atoms with Gasteiger partial charge >= 0.3 is 6.09 Å². The van der Waals surface area contributed by atoms with Crippen LogP contribution < -0.4 is 37.1 Å². The van der Waals surface area contributed by atoms with Gasteiger partial charge in [-0.2, -0.15) is 0 Å². The van der Waals surface area contributed by atoms with Crippen molar-refractivity contribution in [3.8, 4) is 5.75 Å². The summed E-state index contributed by atoms with van der Waals surface area (Å²) in [7, 11) is 0. The van der Waals surface area contributed by atoms with Gasteiger partial charge in [0, 0.05) is 48.3 Å². The highest BCUT2D eigenvalue weighted by molar-refractivity contribution is 5.96. The van der Waals surface area contributed by atoms with E-state index in [0.29, 0.717) is 29.2 Å². The highest BCUT2D eigenvalue weighted by Gasteiger charge is 2.33. The van der Waals surface area contributed by atoms with Crippen LogP contribution in [0.4, 0.5) is 4.79 Å². The van der Waals surface area contributed by atoms with E-state index >= 15 is 0 Å². The number of nitrogens with zero attached hydrogens (tertiary/aromatic N) is 1. The number of ether oxygens (including phenoxy) is 2. The monoisotopic (exact) mass is 885 g/mol. The summed E-state index contributed by atoms with van der Waals surface area (Å²) in [6, 6.07) is 26.1.